The first-order valence-electron chi connectivity index (χ1n) is 5.52. The average Bonchev–Trinajstić information content (AvgIpc) is 2.35. The number of carbonyl (C=O) groups is 2. The topological polar surface area (TPSA) is 122 Å². The molecule has 1 aromatic heterocycles. The highest BCUT2D eigenvalue weighted by Crippen LogP contribution is 2.01. The third kappa shape index (κ3) is 4.64. The van der Waals surface area contributed by atoms with E-state index in [9.17, 15) is 9.59 Å². The number of nitrogens with two attached hydrogens (primary N) is 1. The molecule has 8 nitrogen and oxygen atoms in total. The molecule has 98 valence electrons. The van der Waals surface area contributed by atoms with Crippen molar-refractivity contribution in [2.45, 2.75) is 6.92 Å². The summed E-state index contributed by atoms with van der Waals surface area (Å²) >= 11 is 0. The second kappa shape index (κ2) is 7.05. The van der Waals surface area contributed by atoms with Crippen LogP contribution in [0, 0.1) is 0 Å². The molecule has 0 spiro atoms. The zero-order valence-electron chi connectivity index (χ0n) is 10.1. The Labute approximate surface area is 104 Å². The van der Waals surface area contributed by atoms with E-state index >= 15 is 0 Å². The SMILES string of the molecule is CCNC(=O)c1ccc(NCCNC(N)=O)nn1. The van der Waals surface area contributed by atoms with Gasteiger partial charge in [-0.05, 0) is 19.1 Å². The van der Waals surface area contributed by atoms with Gasteiger partial charge in [-0.2, -0.15) is 0 Å². The lowest BCUT2D eigenvalue weighted by Gasteiger charge is -2.05. The van der Waals surface area contributed by atoms with Crippen molar-refractivity contribution in [1.82, 2.24) is 20.8 Å². The van der Waals surface area contributed by atoms with Crippen molar-refractivity contribution in [1.29, 1.82) is 0 Å². The van der Waals surface area contributed by atoms with Crippen LogP contribution in [-0.4, -0.2) is 41.8 Å². The quantitative estimate of drug-likeness (QED) is 0.499. The smallest absolute Gasteiger partial charge is 0.312 e. The summed E-state index contributed by atoms with van der Waals surface area (Å²) in [7, 11) is 0. The number of anilines is 1. The van der Waals surface area contributed by atoms with Crippen molar-refractivity contribution >= 4 is 17.8 Å². The molecule has 1 rings (SSSR count). The largest absolute Gasteiger partial charge is 0.367 e. The normalized spacial score (nSPS) is 9.61. The molecular weight excluding hydrogens is 236 g/mol. The monoisotopic (exact) mass is 252 g/mol. The first kappa shape index (κ1) is 13.7. The van der Waals surface area contributed by atoms with Crippen molar-refractivity contribution in [2.75, 3.05) is 25.0 Å². The van der Waals surface area contributed by atoms with Crippen LogP contribution in [0.5, 0.6) is 0 Å². The lowest BCUT2D eigenvalue weighted by Crippen LogP contribution is -2.33. The molecule has 8 heteroatoms. The number of hydrogen-bond donors (Lipinski definition) is 4. The van der Waals surface area contributed by atoms with Crippen LogP contribution in [0.3, 0.4) is 0 Å². The lowest BCUT2D eigenvalue weighted by molar-refractivity contribution is 0.0950. The minimum absolute atomic E-state index is 0.257. The first-order valence-corrected chi connectivity index (χ1v) is 5.52. The second-order valence-electron chi connectivity index (χ2n) is 3.38. The molecule has 5 N–H and O–H groups in total. The molecule has 0 atom stereocenters. The Balaban J connectivity index is 2.40. The summed E-state index contributed by atoms with van der Waals surface area (Å²) in [5, 5.41) is 15.6. The summed E-state index contributed by atoms with van der Waals surface area (Å²) < 4.78 is 0. The van der Waals surface area contributed by atoms with Gasteiger partial charge in [-0.1, -0.05) is 0 Å². The molecule has 0 aliphatic carbocycles. The third-order valence-corrected chi connectivity index (χ3v) is 1.96. The minimum atomic E-state index is -0.575. The predicted octanol–water partition coefficient (Wildman–Crippen LogP) is -0.693. The Hall–Kier alpha value is -2.38. The van der Waals surface area contributed by atoms with Gasteiger partial charge in [-0.3, -0.25) is 4.79 Å². The minimum Gasteiger partial charge on any atom is -0.367 e. The Morgan fingerprint density at radius 1 is 1.22 bits per heavy atom. The van der Waals surface area contributed by atoms with Gasteiger partial charge >= 0.3 is 6.03 Å². The fourth-order valence-electron chi connectivity index (χ4n) is 1.18. The highest BCUT2D eigenvalue weighted by Gasteiger charge is 2.06. The zero-order valence-corrected chi connectivity index (χ0v) is 10.1. The molecule has 1 aromatic rings. The van der Waals surface area contributed by atoms with Crippen LogP contribution in [0.15, 0.2) is 12.1 Å². The summed E-state index contributed by atoms with van der Waals surface area (Å²) in [6, 6.07) is 2.64. The number of nitrogens with zero attached hydrogens (tertiary/aromatic N) is 2. The van der Waals surface area contributed by atoms with E-state index in [0.29, 0.717) is 25.5 Å². The summed E-state index contributed by atoms with van der Waals surface area (Å²) in [4.78, 5) is 21.8. The standard InChI is InChI=1S/C10H16N6O2/c1-2-12-9(17)7-3-4-8(16-15-7)13-5-6-14-10(11)18/h3-4H,2,5-6H2,1H3,(H,12,17)(H,13,16)(H3,11,14,18). The third-order valence-electron chi connectivity index (χ3n) is 1.96. The van der Waals surface area contributed by atoms with Gasteiger partial charge in [0.15, 0.2) is 5.69 Å². The number of carbonyl (C=O) groups excluding carboxylic acids is 2. The van der Waals surface area contributed by atoms with Crippen LogP contribution >= 0.6 is 0 Å². The van der Waals surface area contributed by atoms with E-state index in [1.165, 1.54) is 0 Å². The molecule has 1 heterocycles. The molecule has 18 heavy (non-hydrogen) atoms. The maximum atomic E-state index is 11.4. The number of aromatic nitrogens is 2. The van der Waals surface area contributed by atoms with Crippen LogP contribution < -0.4 is 21.7 Å². The maximum absolute atomic E-state index is 11.4. The van der Waals surface area contributed by atoms with E-state index in [1.54, 1.807) is 12.1 Å². The Morgan fingerprint density at radius 2 is 2.00 bits per heavy atom. The van der Waals surface area contributed by atoms with Crippen molar-refractivity contribution in [2.24, 2.45) is 5.73 Å². The average molecular weight is 252 g/mol. The van der Waals surface area contributed by atoms with Crippen LogP contribution in [0.4, 0.5) is 10.6 Å². The molecule has 0 saturated carbocycles. The van der Waals surface area contributed by atoms with E-state index in [2.05, 4.69) is 26.1 Å². The second-order valence-corrected chi connectivity index (χ2v) is 3.38. The molecule has 0 unspecified atom stereocenters. The molecule has 0 bridgehead atoms. The number of primary amides is 1. The molecule has 0 radical (unpaired) electrons. The molecule has 0 saturated heterocycles. The highest BCUT2D eigenvalue weighted by atomic mass is 16.2. The van der Waals surface area contributed by atoms with Crippen LogP contribution in [0.1, 0.15) is 17.4 Å². The summed E-state index contributed by atoms with van der Waals surface area (Å²) in [6.07, 6.45) is 0. The Bertz CT molecular complexity index is 405. The number of urea groups is 1. The van der Waals surface area contributed by atoms with E-state index in [0.717, 1.165) is 0 Å². The van der Waals surface area contributed by atoms with Crippen LogP contribution in [0.2, 0.25) is 0 Å². The highest BCUT2D eigenvalue weighted by molar-refractivity contribution is 5.92. The summed E-state index contributed by atoms with van der Waals surface area (Å²) in [6.45, 7) is 3.22. The summed E-state index contributed by atoms with van der Waals surface area (Å²) in [5.74, 6) is 0.265. The van der Waals surface area contributed by atoms with Crippen molar-refractivity contribution in [3.8, 4) is 0 Å². The van der Waals surface area contributed by atoms with Crippen LogP contribution in [-0.2, 0) is 0 Å². The molecule has 0 aliphatic heterocycles. The van der Waals surface area contributed by atoms with E-state index < -0.39 is 6.03 Å². The van der Waals surface area contributed by atoms with Crippen molar-refractivity contribution < 1.29 is 9.59 Å². The number of hydrogen-bond acceptors (Lipinski definition) is 5. The van der Waals surface area contributed by atoms with Gasteiger partial charge in [-0.25, -0.2) is 4.79 Å². The molecule has 0 aliphatic rings. The van der Waals surface area contributed by atoms with Gasteiger partial charge in [0.1, 0.15) is 5.82 Å². The van der Waals surface area contributed by atoms with Gasteiger partial charge in [0.2, 0.25) is 0 Å². The van der Waals surface area contributed by atoms with Crippen LogP contribution in [0.25, 0.3) is 0 Å². The van der Waals surface area contributed by atoms with E-state index in [-0.39, 0.29) is 11.6 Å². The maximum Gasteiger partial charge on any atom is 0.312 e. The Morgan fingerprint density at radius 3 is 2.56 bits per heavy atom. The van der Waals surface area contributed by atoms with E-state index in [4.69, 9.17) is 5.73 Å². The fraction of sp³-hybridized carbons (Fsp3) is 0.400. The molecular formula is C10H16N6O2. The zero-order chi connectivity index (χ0) is 13.4. The van der Waals surface area contributed by atoms with Crippen molar-refractivity contribution in [3.63, 3.8) is 0 Å². The molecule has 0 aromatic carbocycles. The fourth-order valence-corrected chi connectivity index (χ4v) is 1.18. The summed E-state index contributed by atoms with van der Waals surface area (Å²) in [5.41, 5.74) is 5.17. The number of rotatable bonds is 6. The van der Waals surface area contributed by atoms with Gasteiger partial charge in [0, 0.05) is 19.6 Å². The van der Waals surface area contributed by atoms with E-state index in [1.807, 2.05) is 6.92 Å². The molecule has 3 amide bonds. The van der Waals surface area contributed by atoms with Gasteiger partial charge in [-0.15, -0.1) is 10.2 Å². The number of amides is 3. The van der Waals surface area contributed by atoms with Crippen molar-refractivity contribution in [3.05, 3.63) is 17.8 Å². The lowest BCUT2D eigenvalue weighted by atomic mass is 10.3. The number of nitrogens with one attached hydrogen (secondary N) is 3. The predicted molar refractivity (Wildman–Crippen MR) is 66.1 cm³/mol. The van der Waals surface area contributed by atoms with Gasteiger partial charge in [0.25, 0.3) is 5.91 Å². The first-order chi connectivity index (χ1) is 8.63. The van der Waals surface area contributed by atoms with Gasteiger partial charge in [0.05, 0.1) is 0 Å². The molecule has 0 fully saturated rings. The van der Waals surface area contributed by atoms with Gasteiger partial charge < -0.3 is 21.7 Å². The Kier molecular flexibility index (Phi) is 5.36.